The third kappa shape index (κ3) is 4.70. The van der Waals surface area contributed by atoms with E-state index in [0.29, 0.717) is 21.8 Å². The van der Waals surface area contributed by atoms with Crippen LogP contribution < -0.4 is 0 Å². The fraction of sp³-hybridized carbons (Fsp3) is 1.00. The van der Waals surface area contributed by atoms with E-state index in [9.17, 15) is 0 Å². The van der Waals surface area contributed by atoms with Crippen LogP contribution in [-0.2, 0) is 9.47 Å². The number of hydrogen-bond donors (Lipinski definition) is 0. The summed E-state index contributed by atoms with van der Waals surface area (Å²) in [7, 11) is -1.94. The summed E-state index contributed by atoms with van der Waals surface area (Å²) in [6.07, 6.45) is 11.4. The predicted octanol–water partition coefficient (Wildman–Crippen LogP) is 5.92. The summed E-state index contributed by atoms with van der Waals surface area (Å²) < 4.78 is 12.2. The second-order valence-electron chi connectivity index (χ2n) is 6.18. The molecule has 2 aliphatic carbocycles. The Morgan fingerprint density at radius 1 is 0.762 bits per heavy atom. The standard InChI is InChI=1S/C16H30Br2O2Se/c1-3-19-13-9-5-7-11-15(13)21(17,18)16-12-8-6-10-14(16)20-4-2/h13-16H,3-12H2,1-2H3/t13-,14-,15-,16-/m0/s1. The molecule has 0 bridgehead atoms. The topological polar surface area (TPSA) is 18.5 Å². The van der Waals surface area contributed by atoms with Crippen molar-refractivity contribution in [2.45, 2.75) is 87.1 Å². The fourth-order valence-corrected chi connectivity index (χ4v) is 18.3. The van der Waals surface area contributed by atoms with Crippen molar-refractivity contribution < 1.29 is 9.47 Å². The number of rotatable bonds is 6. The normalized spacial score (nSPS) is 35.6. The Balaban J connectivity index is 2.12. The molecule has 126 valence electrons. The van der Waals surface area contributed by atoms with Gasteiger partial charge >= 0.3 is 147 Å². The Labute approximate surface area is 146 Å². The van der Waals surface area contributed by atoms with Crippen LogP contribution >= 0.6 is 28.2 Å². The van der Waals surface area contributed by atoms with Gasteiger partial charge in [-0.1, -0.05) is 0 Å². The number of ether oxygens (including phenoxy) is 2. The zero-order chi connectivity index (χ0) is 15.3. The molecule has 2 rings (SSSR count). The molecule has 2 nitrogen and oxygen atoms in total. The number of hydrogen-bond acceptors (Lipinski definition) is 2. The van der Waals surface area contributed by atoms with E-state index in [2.05, 4.69) is 42.1 Å². The van der Waals surface area contributed by atoms with Crippen molar-refractivity contribution in [3.8, 4) is 0 Å². The third-order valence-corrected chi connectivity index (χ3v) is 20.5. The first kappa shape index (κ1) is 18.7. The summed E-state index contributed by atoms with van der Waals surface area (Å²) in [5, 5.41) is 0. The summed E-state index contributed by atoms with van der Waals surface area (Å²) in [5.74, 6) is 0. The van der Waals surface area contributed by atoms with Gasteiger partial charge in [0.05, 0.1) is 0 Å². The van der Waals surface area contributed by atoms with Crippen LogP contribution in [-0.4, -0.2) is 34.7 Å². The SMILES string of the molecule is CCO[C@H]1CCCC[C@@H]1[Se](Br)(Br)[C@H]1CCCC[C@@H]1OCC. The molecule has 4 atom stereocenters. The molecule has 2 aliphatic rings. The van der Waals surface area contributed by atoms with Crippen molar-refractivity contribution in [3.63, 3.8) is 0 Å². The fourth-order valence-electron chi connectivity index (χ4n) is 3.88. The molecule has 0 spiro atoms. The van der Waals surface area contributed by atoms with Crippen molar-refractivity contribution in [1.29, 1.82) is 0 Å². The van der Waals surface area contributed by atoms with Gasteiger partial charge in [0.15, 0.2) is 0 Å². The van der Waals surface area contributed by atoms with Gasteiger partial charge in [0.1, 0.15) is 0 Å². The van der Waals surface area contributed by atoms with Crippen LogP contribution in [0.3, 0.4) is 0 Å². The maximum atomic E-state index is 6.11. The molecule has 0 amide bonds. The molecule has 21 heavy (non-hydrogen) atoms. The second-order valence-corrected chi connectivity index (χ2v) is 26.7. The van der Waals surface area contributed by atoms with Crippen LogP contribution in [0.2, 0.25) is 9.63 Å². The average Bonchev–Trinajstić information content (AvgIpc) is 2.49. The van der Waals surface area contributed by atoms with Crippen LogP contribution in [0.25, 0.3) is 0 Å². The Kier molecular flexibility index (Phi) is 8.06. The molecular weight excluding hydrogens is 463 g/mol. The molecular formula is C16H30Br2O2Se. The quantitative estimate of drug-likeness (QED) is 0.428. The van der Waals surface area contributed by atoms with Gasteiger partial charge in [0.25, 0.3) is 0 Å². The summed E-state index contributed by atoms with van der Waals surface area (Å²) in [6.45, 7) is 5.94. The second kappa shape index (κ2) is 9.03. The van der Waals surface area contributed by atoms with E-state index in [1.165, 1.54) is 51.4 Å². The molecule has 0 unspecified atom stereocenters. The van der Waals surface area contributed by atoms with Gasteiger partial charge in [-0.3, -0.25) is 0 Å². The van der Waals surface area contributed by atoms with Gasteiger partial charge in [-0.15, -0.1) is 0 Å². The monoisotopic (exact) mass is 492 g/mol. The zero-order valence-corrected chi connectivity index (χ0v) is 18.2. The zero-order valence-electron chi connectivity index (χ0n) is 13.4. The van der Waals surface area contributed by atoms with Crippen molar-refractivity contribution in [3.05, 3.63) is 0 Å². The van der Waals surface area contributed by atoms with Crippen molar-refractivity contribution >= 4 is 37.4 Å². The van der Waals surface area contributed by atoms with E-state index in [0.717, 1.165) is 13.2 Å². The Morgan fingerprint density at radius 2 is 1.14 bits per heavy atom. The van der Waals surface area contributed by atoms with Gasteiger partial charge < -0.3 is 0 Å². The van der Waals surface area contributed by atoms with Gasteiger partial charge in [0.2, 0.25) is 0 Å². The Hall–Kier alpha value is 1.40. The summed E-state index contributed by atoms with van der Waals surface area (Å²) in [6, 6.07) is 0. The van der Waals surface area contributed by atoms with E-state index in [1.54, 1.807) is 0 Å². The maximum absolute atomic E-state index is 6.11. The molecule has 0 aliphatic heterocycles. The number of halogens is 2. The first-order chi connectivity index (χ1) is 10.1. The Morgan fingerprint density at radius 3 is 1.52 bits per heavy atom. The van der Waals surface area contributed by atoms with Crippen molar-refractivity contribution in [2.24, 2.45) is 0 Å². The molecule has 0 heterocycles. The van der Waals surface area contributed by atoms with E-state index in [-0.39, 0.29) is 0 Å². The molecule has 0 radical (unpaired) electrons. The molecule has 0 aromatic heterocycles. The van der Waals surface area contributed by atoms with Crippen LogP contribution in [0.5, 0.6) is 0 Å². The summed E-state index contributed by atoms with van der Waals surface area (Å²) in [5.41, 5.74) is 0. The molecule has 2 fully saturated rings. The van der Waals surface area contributed by atoms with E-state index >= 15 is 0 Å². The molecule has 0 aromatic carbocycles. The van der Waals surface area contributed by atoms with Gasteiger partial charge in [0, 0.05) is 0 Å². The van der Waals surface area contributed by atoms with Crippen molar-refractivity contribution in [1.82, 2.24) is 0 Å². The van der Waals surface area contributed by atoms with Gasteiger partial charge in [-0.25, -0.2) is 0 Å². The van der Waals surface area contributed by atoms with Crippen LogP contribution in [0, 0.1) is 0 Å². The average molecular weight is 493 g/mol. The van der Waals surface area contributed by atoms with Crippen molar-refractivity contribution in [2.75, 3.05) is 13.2 Å². The van der Waals surface area contributed by atoms with Gasteiger partial charge in [-0.05, 0) is 0 Å². The van der Waals surface area contributed by atoms with Crippen LogP contribution in [0.1, 0.15) is 65.2 Å². The predicted molar refractivity (Wildman–Crippen MR) is 98.9 cm³/mol. The van der Waals surface area contributed by atoms with Gasteiger partial charge in [-0.2, -0.15) is 0 Å². The third-order valence-electron chi connectivity index (χ3n) is 4.85. The van der Waals surface area contributed by atoms with E-state index in [1.807, 2.05) is 0 Å². The minimum absolute atomic E-state index is 0.451. The summed E-state index contributed by atoms with van der Waals surface area (Å²) >= 11 is 8.48. The summed E-state index contributed by atoms with van der Waals surface area (Å²) in [4.78, 5) is 1.39. The van der Waals surface area contributed by atoms with E-state index in [4.69, 9.17) is 9.47 Å². The molecule has 0 saturated heterocycles. The van der Waals surface area contributed by atoms with Crippen LogP contribution in [0.15, 0.2) is 0 Å². The first-order valence-corrected chi connectivity index (χ1v) is 18.5. The van der Waals surface area contributed by atoms with Crippen LogP contribution in [0.4, 0.5) is 0 Å². The van der Waals surface area contributed by atoms with E-state index < -0.39 is 9.23 Å². The molecule has 5 heteroatoms. The molecule has 2 saturated carbocycles. The molecule has 0 N–H and O–H groups in total. The minimum atomic E-state index is -1.94. The Bertz CT molecular complexity index is 283. The first-order valence-electron chi connectivity index (χ1n) is 8.54. The molecule has 0 aromatic rings.